The minimum Gasteiger partial charge on any atom is -0.476 e. The van der Waals surface area contributed by atoms with E-state index in [4.69, 9.17) is 0 Å². The fourth-order valence-electron chi connectivity index (χ4n) is 2.42. The van der Waals surface area contributed by atoms with Crippen molar-refractivity contribution in [3.63, 3.8) is 0 Å². The van der Waals surface area contributed by atoms with Gasteiger partial charge in [-0.15, -0.1) is 0 Å². The van der Waals surface area contributed by atoms with Gasteiger partial charge < -0.3 is 10.4 Å². The fourth-order valence-corrected chi connectivity index (χ4v) is 2.42. The normalized spacial score (nSPS) is 10.8. The molecular weight excluding hydrogens is 266 g/mol. The predicted octanol–water partition coefficient (Wildman–Crippen LogP) is 3.39. The highest BCUT2D eigenvalue weighted by Gasteiger charge is 2.19. The van der Waals surface area contributed by atoms with Gasteiger partial charge in [-0.3, -0.25) is 4.40 Å². The molecule has 0 spiro atoms. The highest BCUT2D eigenvalue weighted by atomic mass is 16.4. The number of nitrogens with zero attached hydrogens (tertiary/aromatic N) is 2. The van der Waals surface area contributed by atoms with E-state index in [1.165, 1.54) is 0 Å². The molecule has 21 heavy (non-hydrogen) atoms. The van der Waals surface area contributed by atoms with Crippen LogP contribution >= 0.6 is 0 Å². The number of hydrogen-bond acceptors (Lipinski definition) is 3. The number of anilines is 2. The van der Waals surface area contributed by atoms with Gasteiger partial charge in [0.1, 0.15) is 5.65 Å². The number of imidazole rings is 1. The number of aromatic nitrogens is 2. The van der Waals surface area contributed by atoms with Gasteiger partial charge in [0.05, 0.1) is 0 Å². The minimum atomic E-state index is -1.01. The number of hydrogen-bond donors (Lipinski definition) is 2. The first kappa shape index (κ1) is 13.2. The number of carboxylic acid groups (broad SMARTS) is 1. The minimum absolute atomic E-state index is 0.133. The second kappa shape index (κ2) is 4.94. The molecule has 0 aliphatic heterocycles. The van der Waals surface area contributed by atoms with Crippen molar-refractivity contribution in [3.8, 4) is 0 Å². The van der Waals surface area contributed by atoms with Crippen molar-refractivity contribution in [2.24, 2.45) is 0 Å². The number of carboxylic acids is 1. The summed E-state index contributed by atoms with van der Waals surface area (Å²) in [5.74, 6) is -0.659. The van der Waals surface area contributed by atoms with Crippen LogP contribution in [-0.2, 0) is 0 Å². The van der Waals surface area contributed by atoms with Crippen LogP contribution in [-0.4, -0.2) is 20.5 Å². The Morgan fingerprint density at radius 3 is 2.52 bits per heavy atom. The van der Waals surface area contributed by atoms with E-state index in [9.17, 15) is 9.90 Å². The van der Waals surface area contributed by atoms with Gasteiger partial charge in [-0.25, -0.2) is 9.78 Å². The van der Waals surface area contributed by atoms with Crippen LogP contribution in [0.15, 0.2) is 42.6 Å². The first-order valence-corrected chi connectivity index (χ1v) is 6.61. The Kier molecular flexibility index (Phi) is 3.10. The molecule has 0 atom stereocenters. The second-order valence-corrected chi connectivity index (χ2v) is 4.93. The lowest BCUT2D eigenvalue weighted by atomic mass is 10.1. The first-order chi connectivity index (χ1) is 10.1. The van der Waals surface area contributed by atoms with E-state index >= 15 is 0 Å². The Bertz CT molecular complexity index is 816. The Morgan fingerprint density at radius 1 is 1.14 bits per heavy atom. The summed E-state index contributed by atoms with van der Waals surface area (Å²) >= 11 is 0. The van der Waals surface area contributed by atoms with Crippen LogP contribution in [0.4, 0.5) is 11.5 Å². The van der Waals surface area contributed by atoms with Crippen molar-refractivity contribution >= 4 is 23.1 Å². The summed E-state index contributed by atoms with van der Waals surface area (Å²) in [6.07, 6.45) is 1.70. The number of rotatable bonds is 3. The van der Waals surface area contributed by atoms with Crippen molar-refractivity contribution in [1.29, 1.82) is 0 Å². The van der Waals surface area contributed by atoms with E-state index in [1.807, 2.05) is 38.1 Å². The van der Waals surface area contributed by atoms with Gasteiger partial charge in [0.2, 0.25) is 0 Å². The molecule has 2 N–H and O–H groups in total. The summed E-state index contributed by atoms with van der Waals surface area (Å²) in [6, 6.07) is 11.3. The third-order valence-electron chi connectivity index (χ3n) is 3.46. The molecule has 0 saturated carbocycles. The number of pyridine rings is 1. The molecule has 0 bridgehead atoms. The molecule has 3 aromatic rings. The summed E-state index contributed by atoms with van der Waals surface area (Å²) in [7, 11) is 0. The molecule has 2 heterocycles. The molecule has 0 unspecified atom stereocenters. The Balaban J connectivity index is 2.17. The molecule has 3 rings (SSSR count). The van der Waals surface area contributed by atoms with Crippen LogP contribution in [0.5, 0.6) is 0 Å². The Hall–Kier alpha value is -2.82. The average Bonchev–Trinajstić information content (AvgIpc) is 2.81. The molecular formula is C16H15N3O2. The Labute approximate surface area is 121 Å². The summed E-state index contributed by atoms with van der Waals surface area (Å²) in [6.45, 7) is 3.96. The molecule has 0 saturated heterocycles. The topological polar surface area (TPSA) is 66.6 Å². The second-order valence-electron chi connectivity index (χ2n) is 4.93. The number of benzene rings is 1. The van der Waals surface area contributed by atoms with E-state index < -0.39 is 5.97 Å². The lowest BCUT2D eigenvalue weighted by Gasteiger charge is -2.11. The number of para-hydroxylation sites is 1. The number of fused-ring (bicyclic) bond motifs is 1. The Morgan fingerprint density at radius 2 is 1.86 bits per heavy atom. The number of carbonyl (C=O) groups is 1. The van der Waals surface area contributed by atoms with Gasteiger partial charge in [0.25, 0.3) is 0 Å². The van der Waals surface area contributed by atoms with Crippen molar-refractivity contribution in [2.45, 2.75) is 13.8 Å². The maximum Gasteiger partial charge on any atom is 0.356 e. The van der Waals surface area contributed by atoms with E-state index in [0.29, 0.717) is 11.5 Å². The molecule has 5 nitrogen and oxygen atoms in total. The van der Waals surface area contributed by atoms with Gasteiger partial charge in [-0.1, -0.05) is 24.3 Å². The predicted molar refractivity (Wildman–Crippen MR) is 81.4 cm³/mol. The number of aromatic carboxylic acids is 1. The maximum absolute atomic E-state index is 11.6. The van der Waals surface area contributed by atoms with Crippen LogP contribution in [0.25, 0.3) is 5.65 Å². The standard InChI is InChI=1S/C16H15N3O2/c1-10-6-5-7-11(2)13(10)18-15-14(16(20)21)19-9-4-3-8-12(19)17-15/h3-9,18H,1-2H3,(H,20,21). The van der Waals surface area contributed by atoms with Crippen LogP contribution < -0.4 is 5.32 Å². The average molecular weight is 281 g/mol. The lowest BCUT2D eigenvalue weighted by molar-refractivity contribution is 0.0690. The van der Waals surface area contributed by atoms with E-state index in [0.717, 1.165) is 16.8 Å². The third-order valence-corrected chi connectivity index (χ3v) is 3.46. The SMILES string of the molecule is Cc1cccc(C)c1Nc1nc2ccccn2c1C(=O)O. The zero-order chi connectivity index (χ0) is 15.0. The summed E-state index contributed by atoms with van der Waals surface area (Å²) < 4.78 is 1.57. The van der Waals surface area contributed by atoms with Crippen LogP contribution in [0.2, 0.25) is 0 Å². The summed E-state index contributed by atoms with van der Waals surface area (Å²) in [5, 5.41) is 12.6. The van der Waals surface area contributed by atoms with Crippen molar-refractivity contribution in [2.75, 3.05) is 5.32 Å². The zero-order valence-corrected chi connectivity index (χ0v) is 11.8. The summed E-state index contributed by atoms with van der Waals surface area (Å²) in [5.41, 5.74) is 3.71. The van der Waals surface area contributed by atoms with E-state index in [2.05, 4.69) is 10.3 Å². The molecule has 0 aliphatic carbocycles. The monoisotopic (exact) mass is 281 g/mol. The van der Waals surface area contributed by atoms with Crippen LogP contribution in [0, 0.1) is 13.8 Å². The molecule has 0 radical (unpaired) electrons. The first-order valence-electron chi connectivity index (χ1n) is 6.61. The number of aryl methyl sites for hydroxylation is 2. The smallest absolute Gasteiger partial charge is 0.356 e. The molecule has 0 amide bonds. The van der Waals surface area contributed by atoms with Crippen molar-refractivity contribution in [3.05, 3.63) is 59.4 Å². The van der Waals surface area contributed by atoms with E-state index in [1.54, 1.807) is 22.7 Å². The molecule has 0 fully saturated rings. The fraction of sp³-hybridized carbons (Fsp3) is 0.125. The third kappa shape index (κ3) is 2.23. The van der Waals surface area contributed by atoms with Crippen molar-refractivity contribution in [1.82, 2.24) is 9.38 Å². The zero-order valence-electron chi connectivity index (χ0n) is 11.8. The largest absolute Gasteiger partial charge is 0.476 e. The van der Waals surface area contributed by atoms with Gasteiger partial charge in [0, 0.05) is 11.9 Å². The highest BCUT2D eigenvalue weighted by Crippen LogP contribution is 2.26. The quantitative estimate of drug-likeness (QED) is 0.772. The van der Waals surface area contributed by atoms with Crippen LogP contribution in [0.1, 0.15) is 21.6 Å². The van der Waals surface area contributed by atoms with Gasteiger partial charge in [-0.05, 0) is 37.1 Å². The van der Waals surface area contributed by atoms with Crippen LogP contribution in [0.3, 0.4) is 0 Å². The molecule has 5 heteroatoms. The van der Waals surface area contributed by atoms with E-state index in [-0.39, 0.29) is 5.69 Å². The molecule has 2 aromatic heterocycles. The molecule has 1 aromatic carbocycles. The highest BCUT2D eigenvalue weighted by molar-refractivity contribution is 5.94. The maximum atomic E-state index is 11.6. The molecule has 106 valence electrons. The van der Waals surface area contributed by atoms with Gasteiger partial charge in [0.15, 0.2) is 11.5 Å². The van der Waals surface area contributed by atoms with Gasteiger partial charge in [-0.2, -0.15) is 0 Å². The van der Waals surface area contributed by atoms with Crippen molar-refractivity contribution < 1.29 is 9.90 Å². The summed E-state index contributed by atoms with van der Waals surface area (Å²) in [4.78, 5) is 15.9. The molecule has 0 aliphatic rings. The lowest BCUT2D eigenvalue weighted by Crippen LogP contribution is -2.06. The van der Waals surface area contributed by atoms with Gasteiger partial charge >= 0.3 is 5.97 Å². The number of nitrogens with one attached hydrogen (secondary N) is 1.